The second-order valence-corrected chi connectivity index (χ2v) is 4.80. The van der Waals surface area contributed by atoms with Gasteiger partial charge in [0, 0.05) is 29.6 Å². The van der Waals surface area contributed by atoms with Gasteiger partial charge in [0.25, 0.3) is 0 Å². The van der Waals surface area contributed by atoms with E-state index >= 15 is 0 Å². The van der Waals surface area contributed by atoms with Gasteiger partial charge in [-0.15, -0.1) is 11.3 Å². The fraction of sp³-hybridized carbons (Fsp3) is 0.133. The van der Waals surface area contributed by atoms with Crippen molar-refractivity contribution < 1.29 is 4.74 Å². The van der Waals surface area contributed by atoms with Gasteiger partial charge in [-0.2, -0.15) is 0 Å². The highest BCUT2D eigenvalue weighted by Gasteiger charge is 2.00. The molecule has 2 rings (SSSR count). The average Bonchev–Trinajstić information content (AvgIpc) is 3.00. The Balaban J connectivity index is 1.92. The van der Waals surface area contributed by atoms with Crippen LogP contribution in [0.3, 0.4) is 0 Å². The van der Waals surface area contributed by atoms with Crippen LogP contribution in [0.5, 0.6) is 0 Å². The Morgan fingerprint density at radius 1 is 1.40 bits per heavy atom. The highest BCUT2D eigenvalue weighted by atomic mass is 32.1. The van der Waals surface area contributed by atoms with Gasteiger partial charge >= 0.3 is 0 Å². The first-order chi connectivity index (χ1) is 9.79. The Bertz CT molecular complexity index is 603. The predicted octanol–water partition coefficient (Wildman–Crippen LogP) is 3.70. The van der Waals surface area contributed by atoms with Gasteiger partial charge in [-0.25, -0.2) is 9.98 Å². The SMILES string of the molecule is C=C(/N=C\C(=C/C)c1ccccn1)OCc1nccs1. The summed E-state index contributed by atoms with van der Waals surface area (Å²) >= 11 is 1.54. The Morgan fingerprint density at radius 2 is 2.30 bits per heavy atom. The summed E-state index contributed by atoms with van der Waals surface area (Å²) < 4.78 is 5.43. The highest BCUT2D eigenvalue weighted by Crippen LogP contribution is 2.11. The first kappa shape index (κ1) is 14.1. The molecule has 0 saturated carbocycles. The minimum Gasteiger partial charge on any atom is -0.471 e. The van der Waals surface area contributed by atoms with Crippen molar-refractivity contribution in [2.24, 2.45) is 4.99 Å². The summed E-state index contributed by atoms with van der Waals surface area (Å²) in [6, 6.07) is 5.75. The van der Waals surface area contributed by atoms with E-state index in [1.54, 1.807) is 29.9 Å². The maximum Gasteiger partial charge on any atom is 0.206 e. The maximum absolute atomic E-state index is 5.43. The monoisotopic (exact) mass is 285 g/mol. The van der Waals surface area contributed by atoms with Gasteiger partial charge in [-0.3, -0.25) is 4.98 Å². The fourth-order valence-corrected chi connectivity index (χ4v) is 2.00. The minimum atomic E-state index is 0.357. The zero-order valence-electron chi connectivity index (χ0n) is 11.2. The van der Waals surface area contributed by atoms with Crippen LogP contribution in [0.15, 0.2) is 59.5 Å². The van der Waals surface area contributed by atoms with Crippen molar-refractivity contribution in [1.82, 2.24) is 9.97 Å². The first-order valence-electron chi connectivity index (χ1n) is 6.11. The van der Waals surface area contributed by atoms with Crippen LogP contribution in [0.2, 0.25) is 0 Å². The molecule has 0 aliphatic rings. The second-order valence-electron chi connectivity index (χ2n) is 3.83. The summed E-state index contributed by atoms with van der Waals surface area (Å²) in [5.74, 6) is 0.357. The molecular formula is C15H15N3OS. The van der Waals surface area contributed by atoms with Crippen LogP contribution in [-0.2, 0) is 11.3 Å². The minimum absolute atomic E-state index is 0.357. The van der Waals surface area contributed by atoms with Crippen LogP contribution in [0.4, 0.5) is 0 Å². The first-order valence-corrected chi connectivity index (χ1v) is 6.99. The maximum atomic E-state index is 5.43. The molecule has 0 aliphatic carbocycles. The quantitative estimate of drug-likeness (QED) is 0.600. The molecule has 0 N–H and O–H groups in total. The van der Waals surface area contributed by atoms with Crippen molar-refractivity contribution in [2.45, 2.75) is 13.5 Å². The van der Waals surface area contributed by atoms with Crippen molar-refractivity contribution in [3.63, 3.8) is 0 Å². The number of aromatic nitrogens is 2. The molecule has 0 bridgehead atoms. The van der Waals surface area contributed by atoms with Crippen molar-refractivity contribution in [3.8, 4) is 0 Å². The van der Waals surface area contributed by atoms with Gasteiger partial charge in [0.15, 0.2) is 0 Å². The van der Waals surface area contributed by atoms with E-state index in [9.17, 15) is 0 Å². The van der Waals surface area contributed by atoms with Crippen LogP contribution < -0.4 is 0 Å². The zero-order valence-corrected chi connectivity index (χ0v) is 12.0. The molecule has 0 amide bonds. The Hall–Kier alpha value is -2.27. The third-order valence-corrected chi connectivity index (χ3v) is 3.22. The van der Waals surface area contributed by atoms with E-state index in [0.29, 0.717) is 12.5 Å². The molecule has 0 spiro atoms. The summed E-state index contributed by atoms with van der Waals surface area (Å²) in [5.41, 5.74) is 1.79. The molecule has 0 fully saturated rings. The number of allylic oxidation sites excluding steroid dienone is 2. The largest absolute Gasteiger partial charge is 0.471 e. The van der Waals surface area contributed by atoms with Gasteiger partial charge in [-0.1, -0.05) is 12.1 Å². The summed E-state index contributed by atoms with van der Waals surface area (Å²) in [5, 5.41) is 2.81. The van der Waals surface area contributed by atoms with Crippen LogP contribution >= 0.6 is 11.3 Å². The lowest BCUT2D eigenvalue weighted by atomic mass is 10.2. The molecule has 0 aromatic carbocycles. The third kappa shape index (κ3) is 4.13. The molecular weight excluding hydrogens is 270 g/mol. The number of rotatable bonds is 6. The molecule has 0 aliphatic heterocycles. The molecule has 4 nitrogen and oxygen atoms in total. The predicted molar refractivity (Wildman–Crippen MR) is 82.4 cm³/mol. The van der Waals surface area contributed by atoms with Crippen molar-refractivity contribution in [3.05, 3.63) is 65.2 Å². The number of hydrogen-bond acceptors (Lipinski definition) is 5. The Morgan fingerprint density at radius 3 is 2.95 bits per heavy atom. The van der Waals surface area contributed by atoms with Gasteiger partial charge in [-0.05, 0) is 25.6 Å². The summed E-state index contributed by atoms with van der Waals surface area (Å²) in [6.45, 7) is 6.09. The normalized spacial score (nSPS) is 11.8. The smallest absolute Gasteiger partial charge is 0.206 e. The Labute approximate surface area is 122 Å². The van der Waals surface area contributed by atoms with E-state index in [4.69, 9.17) is 4.74 Å². The molecule has 0 atom stereocenters. The number of thiazole rings is 1. The van der Waals surface area contributed by atoms with E-state index in [1.807, 2.05) is 36.6 Å². The fourth-order valence-electron chi connectivity index (χ4n) is 1.47. The molecule has 0 radical (unpaired) electrons. The number of aliphatic imine (C=N–C) groups is 1. The molecule has 20 heavy (non-hydrogen) atoms. The second kappa shape index (κ2) is 7.35. The Kier molecular flexibility index (Phi) is 5.20. The van der Waals surface area contributed by atoms with Crippen LogP contribution in [-0.4, -0.2) is 16.2 Å². The van der Waals surface area contributed by atoms with E-state index in [-0.39, 0.29) is 0 Å². The van der Waals surface area contributed by atoms with Crippen LogP contribution in [0, 0.1) is 0 Å². The van der Waals surface area contributed by atoms with Crippen LogP contribution in [0.25, 0.3) is 5.57 Å². The third-order valence-electron chi connectivity index (χ3n) is 2.47. The van der Waals surface area contributed by atoms with Crippen molar-refractivity contribution >= 4 is 23.1 Å². The van der Waals surface area contributed by atoms with Crippen LogP contribution in [0.1, 0.15) is 17.6 Å². The lowest BCUT2D eigenvalue weighted by Crippen LogP contribution is -1.93. The lowest BCUT2D eigenvalue weighted by Gasteiger charge is -2.03. The molecule has 102 valence electrons. The lowest BCUT2D eigenvalue weighted by molar-refractivity contribution is 0.198. The molecule has 2 heterocycles. The molecule has 2 aromatic rings. The number of pyridine rings is 1. The summed E-state index contributed by atoms with van der Waals surface area (Å²) in [6.07, 6.45) is 7.14. The standard InChI is InChI=1S/C15H15N3OS/c1-3-13(14-6-4-5-7-16-14)10-18-12(2)19-11-15-17-8-9-20-15/h3-10H,2,11H2,1H3/b13-3+,18-10-. The molecule has 0 unspecified atom stereocenters. The highest BCUT2D eigenvalue weighted by molar-refractivity contribution is 7.09. The van der Waals surface area contributed by atoms with Gasteiger partial charge < -0.3 is 4.74 Å². The van der Waals surface area contributed by atoms with Crippen molar-refractivity contribution in [1.29, 1.82) is 0 Å². The van der Waals surface area contributed by atoms with E-state index in [2.05, 4.69) is 21.5 Å². The van der Waals surface area contributed by atoms with Gasteiger partial charge in [0.2, 0.25) is 5.88 Å². The summed E-state index contributed by atoms with van der Waals surface area (Å²) in [4.78, 5) is 12.6. The number of hydrogen-bond donors (Lipinski definition) is 0. The van der Waals surface area contributed by atoms with E-state index in [0.717, 1.165) is 16.3 Å². The number of nitrogens with zero attached hydrogens (tertiary/aromatic N) is 3. The van der Waals surface area contributed by atoms with Gasteiger partial charge in [0.05, 0.1) is 5.69 Å². The van der Waals surface area contributed by atoms with E-state index in [1.165, 1.54) is 0 Å². The average molecular weight is 285 g/mol. The van der Waals surface area contributed by atoms with E-state index < -0.39 is 0 Å². The topological polar surface area (TPSA) is 47.4 Å². The summed E-state index contributed by atoms with van der Waals surface area (Å²) in [7, 11) is 0. The van der Waals surface area contributed by atoms with Crippen molar-refractivity contribution in [2.75, 3.05) is 0 Å². The molecule has 0 saturated heterocycles. The zero-order chi connectivity index (χ0) is 14.2. The molecule has 2 aromatic heterocycles. The molecule has 5 heteroatoms. The number of ether oxygens (including phenoxy) is 1. The van der Waals surface area contributed by atoms with Gasteiger partial charge in [0.1, 0.15) is 11.6 Å².